The fraction of sp³-hybridized carbons (Fsp3) is 1.00. The van der Waals surface area contributed by atoms with Crippen LogP contribution in [0.4, 0.5) is 0 Å². The van der Waals surface area contributed by atoms with Crippen LogP contribution in [0.5, 0.6) is 0 Å². The molecule has 4 bridgehead atoms. The van der Waals surface area contributed by atoms with Crippen LogP contribution in [0.1, 0.15) is 78.1 Å². The van der Waals surface area contributed by atoms with Gasteiger partial charge in [0, 0.05) is 0 Å². The van der Waals surface area contributed by atoms with Crippen molar-refractivity contribution in [1.29, 1.82) is 0 Å². The van der Waals surface area contributed by atoms with Crippen molar-refractivity contribution in [2.24, 2.45) is 28.1 Å². The SMILES string of the molecule is CC12CC3CC(C)(C1)CC(C(O)CCC1CC1)(C3)C2. The molecule has 1 heteroatoms. The van der Waals surface area contributed by atoms with Crippen molar-refractivity contribution in [3.63, 3.8) is 0 Å². The van der Waals surface area contributed by atoms with E-state index in [9.17, 15) is 5.11 Å². The number of rotatable bonds is 4. The van der Waals surface area contributed by atoms with E-state index in [2.05, 4.69) is 13.8 Å². The maximum atomic E-state index is 10.9. The smallest absolute Gasteiger partial charge is 0.0597 e. The van der Waals surface area contributed by atoms with Crippen LogP contribution in [0.15, 0.2) is 0 Å². The Morgan fingerprint density at radius 2 is 1.63 bits per heavy atom. The summed E-state index contributed by atoms with van der Waals surface area (Å²) >= 11 is 0. The van der Waals surface area contributed by atoms with E-state index in [4.69, 9.17) is 0 Å². The van der Waals surface area contributed by atoms with Gasteiger partial charge in [-0.05, 0) is 79.4 Å². The molecule has 0 aromatic heterocycles. The normalized spacial score (nSPS) is 53.5. The summed E-state index contributed by atoms with van der Waals surface area (Å²) in [5, 5.41) is 10.9. The Kier molecular flexibility index (Phi) is 2.52. The lowest BCUT2D eigenvalue weighted by atomic mass is 9.39. The Balaban J connectivity index is 1.55. The second kappa shape index (κ2) is 3.78. The summed E-state index contributed by atoms with van der Waals surface area (Å²) in [7, 11) is 0. The van der Waals surface area contributed by atoms with Gasteiger partial charge in [-0.2, -0.15) is 0 Å². The molecule has 0 aromatic carbocycles. The van der Waals surface area contributed by atoms with Crippen LogP contribution in [0.3, 0.4) is 0 Å². The van der Waals surface area contributed by atoms with Gasteiger partial charge in [-0.1, -0.05) is 26.7 Å². The summed E-state index contributed by atoms with van der Waals surface area (Å²) in [6, 6.07) is 0. The van der Waals surface area contributed by atoms with Gasteiger partial charge >= 0.3 is 0 Å². The van der Waals surface area contributed by atoms with E-state index in [1.807, 2.05) is 0 Å². The molecule has 3 unspecified atom stereocenters. The van der Waals surface area contributed by atoms with Gasteiger partial charge in [0.15, 0.2) is 0 Å². The molecular weight excluding hydrogens is 232 g/mol. The summed E-state index contributed by atoms with van der Waals surface area (Å²) < 4.78 is 0. The zero-order valence-electron chi connectivity index (χ0n) is 12.8. The standard InChI is InChI=1S/C18H30O/c1-16-7-14-8-17(2,10-16)12-18(9-14,11-16)15(19)6-5-13-3-4-13/h13-15,19H,3-12H2,1-2H3. The van der Waals surface area contributed by atoms with Crippen LogP contribution >= 0.6 is 0 Å². The van der Waals surface area contributed by atoms with E-state index in [1.54, 1.807) is 0 Å². The van der Waals surface area contributed by atoms with Crippen LogP contribution < -0.4 is 0 Å². The third-order valence-corrected chi connectivity index (χ3v) is 6.92. The number of hydrogen-bond donors (Lipinski definition) is 1. The summed E-state index contributed by atoms with van der Waals surface area (Å²) in [4.78, 5) is 0. The number of hydrogen-bond acceptors (Lipinski definition) is 1. The molecule has 5 aliphatic rings. The van der Waals surface area contributed by atoms with Gasteiger partial charge in [-0.25, -0.2) is 0 Å². The second-order valence-electron chi connectivity index (χ2n) is 9.53. The molecule has 3 atom stereocenters. The maximum Gasteiger partial charge on any atom is 0.0597 e. The molecule has 0 heterocycles. The largest absolute Gasteiger partial charge is 0.393 e. The first-order valence-electron chi connectivity index (χ1n) is 8.59. The summed E-state index contributed by atoms with van der Waals surface area (Å²) in [6.07, 6.45) is 13.5. The van der Waals surface area contributed by atoms with Gasteiger partial charge in [0.1, 0.15) is 0 Å². The third kappa shape index (κ3) is 2.07. The Morgan fingerprint density at radius 1 is 1.00 bits per heavy atom. The fourth-order valence-corrected chi connectivity index (χ4v) is 7.01. The minimum Gasteiger partial charge on any atom is -0.393 e. The van der Waals surface area contributed by atoms with E-state index in [1.165, 1.54) is 57.8 Å². The van der Waals surface area contributed by atoms with Gasteiger partial charge in [-0.15, -0.1) is 0 Å². The Hall–Kier alpha value is -0.0400. The van der Waals surface area contributed by atoms with Crippen molar-refractivity contribution >= 4 is 0 Å². The molecular formula is C18H30O. The summed E-state index contributed by atoms with van der Waals surface area (Å²) in [5.74, 6) is 1.89. The van der Waals surface area contributed by atoms with Crippen molar-refractivity contribution in [3.05, 3.63) is 0 Å². The van der Waals surface area contributed by atoms with Crippen molar-refractivity contribution in [3.8, 4) is 0 Å². The van der Waals surface area contributed by atoms with Crippen LogP contribution in [-0.4, -0.2) is 11.2 Å². The average Bonchev–Trinajstić information content (AvgIpc) is 3.04. The van der Waals surface area contributed by atoms with Crippen LogP contribution in [-0.2, 0) is 0 Å². The Morgan fingerprint density at radius 3 is 2.16 bits per heavy atom. The first-order valence-corrected chi connectivity index (χ1v) is 8.59. The van der Waals surface area contributed by atoms with Crippen LogP contribution in [0.25, 0.3) is 0 Å². The molecule has 0 aliphatic heterocycles. The highest BCUT2D eigenvalue weighted by atomic mass is 16.3. The Bertz CT molecular complexity index is 365. The molecule has 0 aromatic rings. The minimum absolute atomic E-state index is 0.00449. The Labute approximate surface area is 118 Å². The molecule has 5 rings (SSSR count). The van der Waals surface area contributed by atoms with E-state index in [0.717, 1.165) is 18.3 Å². The highest BCUT2D eigenvalue weighted by Gasteiger charge is 2.61. The summed E-state index contributed by atoms with van der Waals surface area (Å²) in [5.41, 5.74) is 1.40. The molecule has 5 aliphatic carbocycles. The monoisotopic (exact) mass is 262 g/mol. The molecule has 1 nitrogen and oxygen atoms in total. The zero-order chi connectivity index (χ0) is 13.3. The molecule has 5 fully saturated rings. The van der Waals surface area contributed by atoms with Gasteiger partial charge in [0.2, 0.25) is 0 Å². The maximum absolute atomic E-state index is 10.9. The first-order chi connectivity index (χ1) is 8.91. The fourth-order valence-electron chi connectivity index (χ4n) is 7.01. The predicted octanol–water partition coefficient (Wildman–Crippen LogP) is 4.53. The average molecular weight is 262 g/mol. The first kappa shape index (κ1) is 12.7. The van der Waals surface area contributed by atoms with Crippen molar-refractivity contribution in [2.75, 3.05) is 0 Å². The molecule has 0 spiro atoms. The van der Waals surface area contributed by atoms with E-state index < -0.39 is 0 Å². The molecule has 5 saturated carbocycles. The van der Waals surface area contributed by atoms with Crippen molar-refractivity contribution in [2.45, 2.75) is 84.2 Å². The lowest BCUT2D eigenvalue weighted by Crippen LogP contribution is -2.58. The summed E-state index contributed by atoms with van der Waals surface area (Å²) in [6.45, 7) is 5.02. The minimum atomic E-state index is -0.00449. The number of aliphatic hydroxyl groups is 1. The van der Waals surface area contributed by atoms with E-state index >= 15 is 0 Å². The lowest BCUT2D eigenvalue weighted by Gasteiger charge is -2.66. The quantitative estimate of drug-likeness (QED) is 0.789. The van der Waals surface area contributed by atoms with Crippen LogP contribution in [0.2, 0.25) is 0 Å². The van der Waals surface area contributed by atoms with E-state index in [-0.39, 0.29) is 6.10 Å². The molecule has 0 amide bonds. The van der Waals surface area contributed by atoms with E-state index in [0.29, 0.717) is 16.2 Å². The highest BCUT2D eigenvalue weighted by Crippen LogP contribution is 2.70. The topological polar surface area (TPSA) is 20.2 Å². The van der Waals surface area contributed by atoms with Gasteiger partial charge in [-0.3, -0.25) is 0 Å². The molecule has 0 radical (unpaired) electrons. The highest BCUT2D eigenvalue weighted by molar-refractivity contribution is 5.12. The van der Waals surface area contributed by atoms with Crippen molar-refractivity contribution in [1.82, 2.24) is 0 Å². The van der Waals surface area contributed by atoms with Crippen molar-refractivity contribution < 1.29 is 5.11 Å². The third-order valence-electron chi connectivity index (χ3n) is 6.92. The molecule has 0 saturated heterocycles. The molecule has 19 heavy (non-hydrogen) atoms. The predicted molar refractivity (Wildman–Crippen MR) is 77.8 cm³/mol. The van der Waals surface area contributed by atoms with Gasteiger partial charge in [0.25, 0.3) is 0 Å². The number of aliphatic hydroxyl groups excluding tert-OH is 1. The molecule has 108 valence electrons. The van der Waals surface area contributed by atoms with Gasteiger partial charge in [0.05, 0.1) is 6.10 Å². The zero-order valence-corrected chi connectivity index (χ0v) is 12.8. The van der Waals surface area contributed by atoms with Crippen LogP contribution in [0, 0.1) is 28.1 Å². The molecule has 1 N–H and O–H groups in total. The lowest BCUT2D eigenvalue weighted by molar-refractivity contribution is -0.186. The van der Waals surface area contributed by atoms with Gasteiger partial charge < -0.3 is 5.11 Å². The second-order valence-corrected chi connectivity index (χ2v) is 9.53.